The number of carbonyl (C=O) groups is 2. The van der Waals surface area contributed by atoms with E-state index in [1.807, 2.05) is 0 Å². The fourth-order valence-electron chi connectivity index (χ4n) is 2.18. The van der Waals surface area contributed by atoms with Crippen molar-refractivity contribution >= 4 is 11.9 Å². The van der Waals surface area contributed by atoms with E-state index in [-0.39, 0.29) is 17.8 Å². The van der Waals surface area contributed by atoms with Gasteiger partial charge in [-0.15, -0.1) is 0 Å². The Kier molecular flexibility index (Phi) is 3.99. The van der Waals surface area contributed by atoms with E-state index in [4.69, 9.17) is 4.74 Å². The van der Waals surface area contributed by atoms with Crippen molar-refractivity contribution in [1.29, 1.82) is 0 Å². The van der Waals surface area contributed by atoms with Crippen molar-refractivity contribution in [2.24, 2.45) is 5.92 Å². The minimum atomic E-state index is -0.498. The first-order valence-electron chi connectivity index (χ1n) is 6.08. The number of amides is 1. The van der Waals surface area contributed by atoms with Gasteiger partial charge in [0.2, 0.25) is 0 Å². The molecule has 0 spiro atoms. The van der Waals surface area contributed by atoms with Crippen molar-refractivity contribution in [3.63, 3.8) is 0 Å². The normalized spacial score (nSPS) is 19.0. The molecule has 1 aromatic heterocycles. The van der Waals surface area contributed by atoms with E-state index in [0.29, 0.717) is 18.7 Å². The zero-order chi connectivity index (χ0) is 13.8. The highest BCUT2D eigenvalue weighted by Crippen LogP contribution is 2.19. The number of hydrogen-bond donors (Lipinski definition) is 0. The topological polar surface area (TPSA) is 76.8 Å². The van der Waals surface area contributed by atoms with Gasteiger partial charge >= 0.3 is 11.6 Å². The Morgan fingerprint density at radius 2 is 2.21 bits per heavy atom. The standard InChI is InChI=1S/C13H15NO5/c1-18-13(17)9-3-2-6-14(7-9)12(16)10-4-5-11(15)19-8-10/h4-5,8-9H,2-3,6-7H2,1H3. The van der Waals surface area contributed by atoms with Crippen LogP contribution in [0.5, 0.6) is 0 Å². The van der Waals surface area contributed by atoms with Gasteiger partial charge in [-0.25, -0.2) is 4.79 Å². The highest BCUT2D eigenvalue weighted by molar-refractivity contribution is 5.94. The summed E-state index contributed by atoms with van der Waals surface area (Å²) >= 11 is 0. The highest BCUT2D eigenvalue weighted by Gasteiger charge is 2.29. The molecular formula is C13H15NO5. The number of likely N-dealkylation sites (tertiary alicyclic amines) is 1. The van der Waals surface area contributed by atoms with Crippen molar-refractivity contribution in [1.82, 2.24) is 4.90 Å². The molecule has 0 aromatic carbocycles. The predicted octanol–water partition coefficient (Wildman–Crippen LogP) is 0.665. The summed E-state index contributed by atoms with van der Waals surface area (Å²) in [5, 5.41) is 0. The van der Waals surface area contributed by atoms with Crippen molar-refractivity contribution in [2.75, 3.05) is 20.2 Å². The number of ether oxygens (including phenoxy) is 1. The van der Waals surface area contributed by atoms with E-state index < -0.39 is 5.63 Å². The SMILES string of the molecule is COC(=O)C1CCCN(C(=O)c2ccc(=O)oc2)C1. The van der Waals surface area contributed by atoms with Crippen LogP contribution in [0, 0.1) is 5.92 Å². The number of piperidine rings is 1. The molecule has 1 aliphatic heterocycles. The van der Waals surface area contributed by atoms with E-state index in [0.717, 1.165) is 19.1 Å². The van der Waals surface area contributed by atoms with Crippen molar-refractivity contribution < 1.29 is 18.7 Å². The quantitative estimate of drug-likeness (QED) is 0.734. The lowest BCUT2D eigenvalue weighted by Gasteiger charge is -2.31. The number of hydrogen-bond acceptors (Lipinski definition) is 5. The number of carbonyl (C=O) groups excluding carboxylic acids is 2. The van der Waals surface area contributed by atoms with E-state index in [2.05, 4.69) is 4.42 Å². The number of methoxy groups -OCH3 is 1. The molecule has 1 unspecified atom stereocenters. The zero-order valence-electron chi connectivity index (χ0n) is 10.6. The van der Waals surface area contributed by atoms with Gasteiger partial charge in [0.1, 0.15) is 6.26 Å². The molecule has 1 aromatic rings. The summed E-state index contributed by atoms with van der Waals surface area (Å²) in [5.41, 5.74) is -0.187. The van der Waals surface area contributed by atoms with Crippen LogP contribution in [-0.2, 0) is 9.53 Å². The predicted molar refractivity (Wildman–Crippen MR) is 65.6 cm³/mol. The van der Waals surface area contributed by atoms with E-state index in [1.54, 1.807) is 4.90 Å². The number of esters is 1. The molecule has 19 heavy (non-hydrogen) atoms. The lowest BCUT2D eigenvalue weighted by atomic mass is 9.98. The van der Waals surface area contributed by atoms with Gasteiger partial charge in [0, 0.05) is 19.2 Å². The minimum Gasteiger partial charge on any atom is -0.469 e. The van der Waals surface area contributed by atoms with Crippen LogP contribution in [0.15, 0.2) is 27.6 Å². The zero-order valence-corrected chi connectivity index (χ0v) is 10.6. The van der Waals surface area contributed by atoms with Crippen molar-refractivity contribution in [3.8, 4) is 0 Å². The Balaban J connectivity index is 2.08. The molecule has 1 amide bonds. The third kappa shape index (κ3) is 3.01. The summed E-state index contributed by atoms with van der Waals surface area (Å²) in [5.74, 6) is -0.812. The van der Waals surface area contributed by atoms with Crippen LogP contribution in [0.4, 0.5) is 0 Å². The summed E-state index contributed by atoms with van der Waals surface area (Å²) in [6.45, 7) is 0.927. The first kappa shape index (κ1) is 13.3. The van der Waals surface area contributed by atoms with Crippen LogP contribution in [0.3, 0.4) is 0 Å². The molecule has 0 radical (unpaired) electrons. The van der Waals surface area contributed by atoms with Gasteiger partial charge < -0.3 is 14.1 Å². The van der Waals surface area contributed by atoms with Gasteiger partial charge in [0.15, 0.2) is 0 Å². The lowest BCUT2D eigenvalue weighted by molar-refractivity contribution is -0.146. The average molecular weight is 265 g/mol. The molecule has 6 nitrogen and oxygen atoms in total. The monoisotopic (exact) mass is 265 g/mol. The third-order valence-corrected chi connectivity index (χ3v) is 3.19. The molecule has 102 valence electrons. The van der Waals surface area contributed by atoms with Crippen LogP contribution in [-0.4, -0.2) is 37.0 Å². The molecule has 0 N–H and O–H groups in total. The molecule has 0 bridgehead atoms. The fraction of sp³-hybridized carbons (Fsp3) is 0.462. The van der Waals surface area contributed by atoms with Crippen LogP contribution >= 0.6 is 0 Å². The van der Waals surface area contributed by atoms with Gasteiger partial charge in [-0.3, -0.25) is 9.59 Å². The molecule has 1 atom stereocenters. The smallest absolute Gasteiger partial charge is 0.335 e. The molecule has 1 aliphatic rings. The van der Waals surface area contributed by atoms with Gasteiger partial charge in [0.05, 0.1) is 18.6 Å². The summed E-state index contributed by atoms with van der Waals surface area (Å²) in [7, 11) is 1.34. The molecule has 1 fully saturated rings. The van der Waals surface area contributed by atoms with Crippen LogP contribution in [0.25, 0.3) is 0 Å². The second-order valence-corrected chi connectivity index (χ2v) is 4.46. The van der Waals surface area contributed by atoms with Gasteiger partial charge in [0.25, 0.3) is 5.91 Å². The molecular weight excluding hydrogens is 250 g/mol. The first-order chi connectivity index (χ1) is 9.11. The Hall–Kier alpha value is -2.11. The van der Waals surface area contributed by atoms with E-state index in [1.165, 1.54) is 19.2 Å². The number of rotatable bonds is 2. The largest absolute Gasteiger partial charge is 0.469 e. The maximum Gasteiger partial charge on any atom is 0.335 e. The summed E-state index contributed by atoms with van der Waals surface area (Å²) in [4.78, 5) is 36.1. The molecule has 0 saturated carbocycles. The second kappa shape index (κ2) is 5.69. The fourth-order valence-corrected chi connectivity index (χ4v) is 2.18. The molecule has 1 saturated heterocycles. The number of nitrogens with zero attached hydrogens (tertiary/aromatic N) is 1. The summed E-state index contributed by atoms with van der Waals surface area (Å²) < 4.78 is 9.37. The van der Waals surface area contributed by atoms with Crippen LogP contribution in [0.1, 0.15) is 23.2 Å². The van der Waals surface area contributed by atoms with Crippen molar-refractivity contribution in [2.45, 2.75) is 12.8 Å². The van der Waals surface area contributed by atoms with E-state index in [9.17, 15) is 14.4 Å². The Bertz CT molecular complexity index is 516. The maximum absolute atomic E-state index is 12.2. The average Bonchev–Trinajstić information content (AvgIpc) is 2.46. The van der Waals surface area contributed by atoms with Crippen LogP contribution < -0.4 is 5.63 Å². The Morgan fingerprint density at radius 3 is 2.84 bits per heavy atom. The van der Waals surface area contributed by atoms with Gasteiger partial charge in [-0.2, -0.15) is 0 Å². The Labute approximate surface area is 110 Å². The molecule has 2 heterocycles. The third-order valence-electron chi connectivity index (χ3n) is 3.19. The van der Waals surface area contributed by atoms with Gasteiger partial charge in [-0.1, -0.05) is 0 Å². The lowest BCUT2D eigenvalue weighted by Crippen LogP contribution is -2.42. The summed E-state index contributed by atoms with van der Waals surface area (Å²) in [6.07, 6.45) is 2.62. The molecule has 6 heteroatoms. The Morgan fingerprint density at radius 1 is 1.42 bits per heavy atom. The van der Waals surface area contributed by atoms with E-state index >= 15 is 0 Å². The van der Waals surface area contributed by atoms with Crippen LogP contribution in [0.2, 0.25) is 0 Å². The second-order valence-electron chi connectivity index (χ2n) is 4.46. The summed E-state index contributed by atoms with van der Waals surface area (Å²) in [6, 6.07) is 2.63. The highest BCUT2D eigenvalue weighted by atomic mass is 16.5. The maximum atomic E-state index is 12.2. The van der Waals surface area contributed by atoms with Crippen molar-refractivity contribution in [3.05, 3.63) is 34.4 Å². The van der Waals surface area contributed by atoms with Gasteiger partial charge in [-0.05, 0) is 18.9 Å². The molecule has 0 aliphatic carbocycles. The minimum absolute atomic E-state index is 0.239. The first-order valence-corrected chi connectivity index (χ1v) is 6.08. The molecule has 2 rings (SSSR count).